The molecule has 0 radical (unpaired) electrons. The predicted molar refractivity (Wildman–Crippen MR) is 91.3 cm³/mol. The third-order valence-electron chi connectivity index (χ3n) is 4.24. The van der Waals surface area contributed by atoms with E-state index in [1.807, 2.05) is 18.5 Å². The largest absolute Gasteiger partial charge is 0.378 e. The summed E-state index contributed by atoms with van der Waals surface area (Å²) in [5.41, 5.74) is 3.83. The molecule has 0 bridgehead atoms. The molecule has 1 unspecified atom stereocenters. The van der Waals surface area contributed by atoms with E-state index in [-0.39, 0.29) is 6.04 Å². The summed E-state index contributed by atoms with van der Waals surface area (Å²) in [6.07, 6.45) is 3.83. The van der Waals surface area contributed by atoms with E-state index in [9.17, 15) is 0 Å². The second-order valence-corrected chi connectivity index (χ2v) is 5.96. The van der Waals surface area contributed by atoms with Gasteiger partial charge in [0.2, 0.25) is 0 Å². The van der Waals surface area contributed by atoms with Crippen molar-refractivity contribution in [1.82, 2.24) is 15.2 Å². The van der Waals surface area contributed by atoms with Gasteiger partial charge in [-0.15, -0.1) is 0 Å². The van der Waals surface area contributed by atoms with Crippen LogP contribution in [0.1, 0.15) is 17.2 Å². The minimum atomic E-state index is 0.284. The van der Waals surface area contributed by atoms with Crippen LogP contribution in [0.4, 0.5) is 5.69 Å². The highest BCUT2D eigenvalue weighted by molar-refractivity contribution is 5.47. The maximum Gasteiger partial charge on any atom is 0.0617 e. The van der Waals surface area contributed by atoms with Gasteiger partial charge in [-0.1, -0.05) is 18.2 Å². The lowest BCUT2D eigenvalue weighted by Crippen LogP contribution is -2.45. The lowest BCUT2D eigenvalue weighted by atomic mass is 9.97. The average Bonchev–Trinajstić information content (AvgIpc) is 2.57. The van der Waals surface area contributed by atoms with Gasteiger partial charge in [-0.3, -0.25) is 9.88 Å². The number of nitrogens with one attached hydrogen (secondary N) is 1. The van der Waals surface area contributed by atoms with Crippen molar-refractivity contribution in [3.8, 4) is 0 Å². The number of rotatable bonds is 4. The molecule has 2 heterocycles. The fourth-order valence-corrected chi connectivity index (χ4v) is 3.05. The number of nitrogens with zero attached hydrogens (tertiary/aromatic N) is 3. The molecule has 22 heavy (non-hydrogen) atoms. The molecule has 1 fully saturated rings. The van der Waals surface area contributed by atoms with Gasteiger partial charge in [-0.05, 0) is 29.3 Å². The normalized spacial score (nSPS) is 17.2. The maximum absolute atomic E-state index is 4.32. The van der Waals surface area contributed by atoms with Gasteiger partial charge in [0.05, 0.1) is 6.04 Å². The van der Waals surface area contributed by atoms with Gasteiger partial charge in [0.15, 0.2) is 0 Å². The van der Waals surface area contributed by atoms with E-state index < -0.39 is 0 Å². The maximum atomic E-state index is 4.32. The van der Waals surface area contributed by atoms with Crippen LogP contribution in [-0.2, 0) is 0 Å². The minimum Gasteiger partial charge on any atom is -0.378 e. The first-order valence-electron chi connectivity index (χ1n) is 7.87. The molecule has 1 aliphatic rings. The second kappa shape index (κ2) is 6.90. The topological polar surface area (TPSA) is 31.4 Å². The Bertz CT molecular complexity index is 574. The zero-order valence-corrected chi connectivity index (χ0v) is 13.4. The van der Waals surface area contributed by atoms with Crippen molar-refractivity contribution in [1.29, 1.82) is 0 Å². The molecule has 4 heteroatoms. The van der Waals surface area contributed by atoms with E-state index in [2.05, 4.69) is 64.5 Å². The van der Waals surface area contributed by atoms with E-state index in [1.165, 1.54) is 16.8 Å². The molecule has 0 aliphatic carbocycles. The Hall–Kier alpha value is -1.91. The summed E-state index contributed by atoms with van der Waals surface area (Å²) in [6, 6.07) is 13.4. The highest BCUT2D eigenvalue weighted by Gasteiger charge is 2.23. The average molecular weight is 296 g/mol. The van der Waals surface area contributed by atoms with Crippen LogP contribution in [0.2, 0.25) is 0 Å². The molecule has 0 saturated carbocycles. The Balaban J connectivity index is 1.93. The van der Waals surface area contributed by atoms with Gasteiger partial charge in [-0.2, -0.15) is 0 Å². The molecule has 0 amide bonds. The number of hydrogen-bond donors (Lipinski definition) is 1. The fourth-order valence-electron chi connectivity index (χ4n) is 3.05. The number of benzene rings is 1. The molecular weight excluding hydrogens is 272 g/mol. The third kappa shape index (κ3) is 3.29. The molecule has 1 N–H and O–H groups in total. The number of piperazine rings is 1. The van der Waals surface area contributed by atoms with Gasteiger partial charge in [0, 0.05) is 58.4 Å². The zero-order valence-electron chi connectivity index (χ0n) is 13.4. The quantitative estimate of drug-likeness (QED) is 0.937. The van der Waals surface area contributed by atoms with Gasteiger partial charge in [0.25, 0.3) is 0 Å². The van der Waals surface area contributed by atoms with Crippen molar-refractivity contribution in [3.63, 3.8) is 0 Å². The predicted octanol–water partition coefficient (Wildman–Crippen LogP) is 2.14. The van der Waals surface area contributed by atoms with Crippen LogP contribution in [0.15, 0.2) is 48.8 Å². The van der Waals surface area contributed by atoms with Crippen LogP contribution in [0.5, 0.6) is 0 Å². The molecule has 0 spiro atoms. The Labute approximate surface area is 132 Å². The van der Waals surface area contributed by atoms with E-state index in [0.717, 1.165) is 26.2 Å². The van der Waals surface area contributed by atoms with Crippen molar-refractivity contribution in [2.45, 2.75) is 6.04 Å². The number of pyridine rings is 1. The summed E-state index contributed by atoms with van der Waals surface area (Å²) in [6.45, 7) is 4.23. The summed E-state index contributed by atoms with van der Waals surface area (Å²) < 4.78 is 0. The molecular formula is C18H24N4. The van der Waals surface area contributed by atoms with Crippen molar-refractivity contribution in [2.75, 3.05) is 45.2 Å². The van der Waals surface area contributed by atoms with Gasteiger partial charge < -0.3 is 10.2 Å². The van der Waals surface area contributed by atoms with E-state index >= 15 is 0 Å². The first-order chi connectivity index (χ1) is 10.8. The van der Waals surface area contributed by atoms with Crippen LogP contribution in [0, 0.1) is 0 Å². The van der Waals surface area contributed by atoms with Crippen molar-refractivity contribution >= 4 is 5.69 Å². The highest BCUT2D eigenvalue weighted by Crippen LogP contribution is 2.29. The van der Waals surface area contributed by atoms with Crippen LogP contribution in [0.3, 0.4) is 0 Å². The lowest BCUT2D eigenvalue weighted by Gasteiger charge is -2.35. The molecule has 1 aromatic heterocycles. The Kier molecular flexibility index (Phi) is 4.71. The summed E-state index contributed by atoms with van der Waals surface area (Å²) in [7, 11) is 4.15. The van der Waals surface area contributed by atoms with Crippen molar-refractivity contribution in [2.24, 2.45) is 0 Å². The molecule has 2 aromatic rings. The van der Waals surface area contributed by atoms with Crippen LogP contribution in [-0.4, -0.2) is 50.2 Å². The summed E-state index contributed by atoms with van der Waals surface area (Å²) >= 11 is 0. The molecule has 1 aromatic carbocycles. The molecule has 4 nitrogen and oxygen atoms in total. The summed E-state index contributed by atoms with van der Waals surface area (Å²) in [5.74, 6) is 0. The van der Waals surface area contributed by atoms with E-state index in [0.29, 0.717) is 0 Å². The Morgan fingerprint density at radius 1 is 1.05 bits per heavy atom. The Morgan fingerprint density at radius 3 is 2.36 bits per heavy atom. The molecule has 116 valence electrons. The highest BCUT2D eigenvalue weighted by atomic mass is 15.2. The third-order valence-corrected chi connectivity index (χ3v) is 4.24. The van der Waals surface area contributed by atoms with Crippen LogP contribution < -0.4 is 10.2 Å². The fraction of sp³-hybridized carbons (Fsp3) is 0.389. The second-order valence-electron chi connectivity index (χ2n) is 5.96. The van der Waals surface area contributed by atoms with Crippen molar-refractivity contribution < 1.29 is 0 Å². The number of aromatic nitrogens is 1. The zero-order chi connectivity index (χ0) is 15.4. The van der Waals surface area contributed by atoms with Gasteiger partial charge in [-0.25, -0.2) is 0 Å². The Morgan fingerprint density at radius 2 is 1.77 bits per heavy atom. The van der Waals surface area contributed by atoms with Crippen LogP contribution in [0.25, 0.3) is 0 Å². The van der Waals surface area contributed by atoms with Gasteiger partial charge in [0.1, 0.15) is 0 Å². The van der Waals surface area contributed by atoms with Crippen molar-refractivity contribution in [3.05, 3.63) is 59.9 Å². The smallest absolute Gasteiger partial charge is 0.0617 e. The van der Waals surface area contributed by atoms with E-state index in [1.54, 1.807) is 0 Å². The van der Waals surface area contributed by atoms with Gasteiger partial charge >= 0.3 is 0 Å². The van der Waals surface area contributed by atoms with Crippen LogP contribution >= 0.6 is 0 Å². The summed E-state index contributed by atoms with van der Waals surface area (Å²) in [4.78, 5) is 8.99. The summed E-state index contributed by atoms with van der Waals surface area (Å²) in [5, 5.41) is 3.43. The molecule has 1 saturated heterocycles. The standard InChI is InChI=1S/C18H24N4/c1-21(2)17-7-5-15(6-8-17)18(16-4-3-9-20-14-16)22-12-10-19-11-13-22/h3-9,14,18-19H,10-13H2,1-2H3. The molecule has 3 rings (SSSR count). The minimum absolute atomic E-state index is 0.284. The first kappa shape index (κ1) is 15.0. The van der Waals surface area contributed by atoms with E-state index in [4.69, 9.17) is 0 Å². The lowest BCUT2D eigenvalue weighted by molar-refractivity contribution is 0.198. The SMILES string of the molecule is CN(C)c1ccc(C(c2cccnc2)N2CCNCC2)cc1. The number of hydrogen-bond acceptors (Lipinski definition) is 4. The first-order valence-corrected chi connectivity index (χ1v) is 7.87. The monoisotopic (exact) mass is 296 g/mol. The molecule has 1 atom stereocenters. The number of anilines is 1. The molecule has 1 aliphatic heterocycles.